The molecule has 4 nitrogen and oxygen atoms in total. The third-order valence-electron chi connectivity index (χ3n) is 2.31. The van der Waals surface area contributed by atoms with Crippen LogP contribution in [0.5, 0.6) is 0 Å². The number of nitriles is 2. The van der Waals surface area contributed by atoms with Crippen LogP contribution < -0.4 is 0 Å². The second-order valence-electron chi connectivity index (χ2n) is 3.78. The molecule has 4 heteroatoms. The molecule has 1 aliphatic rings. The lowest BCUT2D eigenvalue weighted by Gasteiger charge is -2.16. The molecule has 0 fully saturated rings. The maximum Gasteiger partial charge on any atom is 0.206 e. The molecule has 0 aromatic carbocycles. The van der Waals surface area contributed by atoms with E-state index in [0.717, 1.165) is 11.1 Å². The van der Waals surface area contributed by atoms with E-state index in [1.807, 2.05) is 26.8 Å². The average molecular weight is 212 g/mol. The Labute approximate surface area is 94.9 Å². The minimum absolute atomic E-state index is 0.236. The van der Waals surface area contributed by atoms with Crippen molar-refractivity contribution in [2.24, 2.45) is 15.9 Å². The number of allylic oxidation sites excluding steroid dienone is 4. The summed E-state index contributed by atoms with van der Waals surface area (Å²) in [6.45, 7) is 5.87. The van der Waals surface area contributed by atoms with Crippen molar-refractivity contribution in [1.82, 2.24) is 0 Å². The maximum atomic E-state index is 8.60. The highest BCUT2D eigenvalue weighted by molar-refractivity contribution is 6.24. The minimum Gasteiger partial charge on any atom is -0.173 e. The van der Waals surface area contributed by atoms with Crippen LogP contribution in [0.15, 0.2) is 33.3 Å². The predicted octanol–water partition coefficient (Wildman–Crippen LogP) is 2.37. The van der Waals surface area contributed by atoms with Gasteiger partial charge in [0.1, 0.15) is 0 Å². The van der Waals surface area contributed by atoms with E-state index >= 15 is 0 Å². The molecule has 0 saturated heterocycles. The van der Waals surface area contributed by atoms with Crippen LogP contribution in [0, 0.1) is 28.8 Å². The van der Waals surface area contributed by atoms with Gasteiger partial charge in [0.2, 0.25) is 12.4 Å². The third-order valence-corrected chi connectivity index (χ3v) is 2.31. The topological polar surface area (TPSA) is 72.3 Å². The van der Waals surface area contributed by atoms with Crippen molar-refractivity contribution < 1.29 is 0 Å². The summed E-state index contributed by atoms with van der Waals surface area (Å²) >= 11 is 0. The summed E-state index contributed by atoms with van der Waals surface area (Å²) < 4.78 is 0. The second kappa shape index (κ2) is 5.04. The largest absolute Gasteiger partial charge is 0.206 e. The molecule has 0 amide bonds. The molecule has 16 heavy (non-hydrogen) atoms. The summed E-state index contributed by atoms with van der Waals surface area (Å²) in [5.74, 6) is 0.236. The molecule has 0 spiro atoms. The van der Waals surface area contributed by atoms with Crippen molar-refractivity contribution in [3.05, 3.63) is 23.3 Å². The highest BCUT2D eigenvalue weighted by Gasteiger charge is 2.17. The molecule has 1 aliphatic carbocycles. The van der Waals surface area contributed by atoms with Gasteiger partial charge in [0, 0.05) is 0 Å². The summed E-state index contributed by atoms with van der Waals surface area (Å²) in [6, 6.07) is 0. The molecule has 0 bridgehead atoms. The first kappa shape index (κ1) is 11.9. The number of hydrogen-bond acceptors (Lipinski definition) is 4. The molecule has 0 atom stereocenters. The Kier molecular flexibility index (Phi) is 3.74. The van der Waals surface area contributed by atoms with E-state index in [1.54, 1.807) is 18.5 Å². The summed E-state index contributed by atoms with van der Waals surface area (Å²) in [7, 11) is 0. The lowest BCUT2D eigenvalue weighted by Crippen LogP contribution is -2.15. The smallest absolute Gasteiger partial charge is 0.173 e. The quantitative estimate of drug-likeness (QED) is 0.494. The summed E-state index contributed by atoms with van der Waals surface area (Å²) in [4.78, 5) is 7.50. The van der Waals surface area contributed by atoms with Crippen LogP contribution in [-0.4, -0.2) is 11.4 Å². The lowest BCUT2D eigenvalue weighted by atomic mass is 9.89. The Balaban J connectivity index is 3.28. The van der Waals surface area contributed by atoms with Gasteiger partial charge in [0.05, 0.1) is 11.4 Å². The van der Waals surface area contributed by atoms with E-state index in [0.29, 0.717) is 11.4 Å². The third kappa shape index (κ3) is 2.43. The highest BCUT2D eigenvalue weighted by Crippen LogP contribution is 2.20. The van der Waals surface area contributed by atoms with Crippen molar-refractivity contribution >= 4 is 11.4 Å². The summed E-state index contributed by atoms with van der Waals surface area (Å²) in [5.41, 5.74) is 3.08. The zero-order valence-corrected chi connectivity index (χ0v) is 9.52. The van der Waals surface area contributed by atoms with Crippen LogP contribution in [0.3, 0.4) is 0 Å². The molecular formula is C12H12N4. The lowest BCUT2D eigenvalue weighted by molar-refractivity contribution is 0.804. The van der Waals surface area contributed by atoms with Gasteiger partial charge >= 0.3 is 0 Å². The van der Waals surface area contributed by atoms with Crippen LogP contribution in [0.25, 0.3) is 0 Å². The van der Waals surface area contributed by atoms with E-state index in [-0.39, 0.29) is 5.92 Å². The van der Waals surface area contributed by atoms with Crippen molar-refractivity contribution in [1.29, 1.82) is 10.5 Å². The number of nitrogens with zero attached hydrogens (tertiary/aromatic N) is 4. The Hall–Kier alpha value is -2.20. The fourth-order valence-electron chi connectivity index (χ4n) is 1.48. The fraction of sp³-hybridized carbons (Fsp3) is 0.333. The van der Waals surface area contributed by atoms with Crippen molar-refractivity contribution in [3.8, 4) is 12.4 Å². The van der Waals surface area contributed by atoms with E-state index < -0.39 is 0 Å². The van der Waals surface area contributed by atoms with Gasteiger partial charge in [-0.1, -0.05) is 13.8 Å². The monoisotopic (exact) mass is 212 g/mol. The van der Waals surface area contributed by atoms with Gasteiger partial charge in [-0.25, -0.2) is 0 Å². The molecule has 0 radical (unpaired) electrons. The van der Waals surface area contributed by atoms with Crippen molar-refractivity contribution in [2.45, 2.75) is 20.8 Å². The zero-order valence-electron chi connectivity index (χ0n) is 9.52. The second-order valence-corrected chi connectivity index (χ2v) is 3.78. The molecule has 0 heterocycles. The van der Waals surface area contributed by atoms with E-state index in [4.69, 9.17) is 10.5 Å². The maximum absolute atomic E-state index is 8.60. The molecule has 0 saturated carbocycles. The highest BCUT2D eigenvalue weighted by atomic mass is 14.8. The number of aliphatic imine (C=N–C) groups is 2. The standard InChI is InChI=1S/C12H12N4/c1-8(2)10-5-11(15-6-13)9(3)4-12(10)16-7-14/h4-5,8H,1-3H3. The fourth-order valence-corrected chi connectivity index (χ4v) is 1.48. The summed E-state index contributed by atoms with van der Waals surface area (Å²) in [5, 5.41) is 17.2. The molecular weight excluding hydrogens is 200 g/mol. The van der Waals surface area contributed by atoms with Gasteiger partial charge < -0.3 is 0 Å². The van der Waals surface area contributed by atoms with Crippen LogP contribution >= 0.6 is 0 Å². The molecule has 0 unspecified atom stereocenters. The van der Waals surface area contributed by atoms with E-state index in [1.165, 1.54) is 0 Å². The summed E-state index contributed by atoms with van der Waals surface area (Å²) in [6.07, 6.45) is 7.16. The van der Waals surface area contributed by atoms with Gasteiger partial charge in [0.25, 0.3) is 0 Å². The normalized spacial score (nSPS) is 20.4. The Morgan fingerprint density at radius 3 is 2.12 bits per heavy atom. The van der Waals surface area contributed by atoms with Crippen LogP contribution in [0.2, 0.25) is 0 Å². The molecule has 0 aromatic heterocycles. The first-order valence-corrected chi connectivity index (χ1v) is 4.94. The molecule has 0 aliphatic heterocycles. The van der Waals surface area contributed by atoms with E-state index in [9.17, 15) is 0 Å². The molecule has 0 aromatic rings. The SMILES string of the molecule is CC1=CC(=NC#N)C(C(C)C)=CC1=NC#N. The van der Waals surface area contributed by atoms with Crippen LogP contribution in [0.4, 0.5) is 0 Å². The Morgan fingerprint density at radius 2 is 1.62 bits per heavy atom. The number of rotatable bonds is 1. The van der Waals surface area contributed by atoms with Crippen molar-refractivity contribution in [2.75, 3.05) is 0 Å². The van der Waals surface area contributed by atoms with Gasteiger partial charge in [0.15, 0.2) is 0 Å². The van der Waals surface area contributed by atoms with Crippen molar-refractivity contribution in [3.63, 3.8) is 0 Å². The van der Waals surface area contributed by atoms with Crippen LogP contribution in [0.1, 0.15) is 20.8 Å². The Bertz CT molecular complexity index is 490. The van der Waals surface area contributed by atoms with Gasteiger partial charge in [-0.05, 0) is 36.1 Å². The van der Waals surface area contributed by atoms with Gasteiger partial charge in [-0.2, -0.15) is 20.5 Å². The first-order valence-electron chi connectivity index (χ1n) is 4.94. The molecule has 0 N–H and O–H groups in total. The average Bonchev–Trinajstić information content (AvgIpc) is 2.22. The molecule has 1 rings (SSSR count). The Morgan fingerprint density at radius 1 is 1.06 bits per heavy atom. The van der Waals surface area contributed by atoms with E-state index in [2.05, 4.69) is 9.98 Å². The first-order chi connectivity index (χ1) is 7.60. The molecule has 80 valence electrons. The minimum atomic E-state index is 0.236. The van der Waals surface area contributed by atoms with Gasteiger partial charge in [-0.3, -0.25) is 0 Å². The predicted molar refractivity (Wildman–Crippen MR) is 62.8 cm³/mol. The number of hydrogen-bond donors (Lipinski definition) is 0. The zero-order chi connectivity index (χ0) is 12.1. The van der Waals surface area contributed by atoms with Gasteiger partial charge in [-0.15, -0.1) is 0 Å². The van der Waals surface area contributed by atoms with Crippen LogP contribution in [-0.2, 0) is 0 Å².